The molecule has 2 unspecified atom stereocenters. The molecular formula is C30H40N6O3. The number of benzene rings is 1. The molecule has 3 aromatic rings. The summed E-state index contributed by atoms with van der Waals surface area (Å²) in [5.41, 5.74) is 3.89. The van der Waals surface area contributed by atoms with Gasteiger partial charge in [0.05, 0.1) is 33.4 Å². The summed E-state index contributed by atoms with van der Waals surface area (Å²) in [4.78, 5) is 43.5. The molecule has 1 aromatic carbocycles. The number of carbonyl (C=O) groups excluding carboxylic acids is 2. The van der Waals surface area contributed by atoms with E-state index in [-0.39, 0.29) is 11.9 Å². The molecule has 1 saturated carbocycles. The number of rotatable bonds is 6. The van der Waals surface area contributed by atoms with Gasteiger partial charge in [0.2, 0.25) is 0 Å². The molecule has 1 aliphatic heterocycles. The van der Waals surface area contributed by atoms with Gasteiger partial charge in [-0.05, 0) is 78.4 Å². The van der Waals surface area contributed by atoms with Gasteiger partial charge in [-0.2, -0.15) is 0 Å². The lowest BCUT2D eigenvalue weighted by molar-refractivity contribution is 0.0473. The first-order valence-electron chi connectivity index (χ1n) is 13.8. The van der Waals surface area contributed by atoms with Crippen LogP contribution in [-0.2, 0) is 4.74 Å². The van der Waals surface area contributed by atoms with Crippen LogP contribution in [0.2, 0.25) is 0 Å². The largest absolute Gasteiger partial charge is 0.444 e. The summed E-state index contributed by atoms with van der Waals surface area (Å²) in [6, 6.07) is 6.19. The van der Waals surface area contributed by atoms with E-state index in [9.17, 15) is 9.59 Å². The highest BCUT2D eigenvalue weighted by Crippen LogP contribution is 2.39. The number of aromatic amines is 1. The van der Waals surface area contributed by atoms with E-state index in [4.69, 9.17) is 9.72 Å². The summed E-state index contributed by atoms with van der Waals surface area (Å²) in [7, 11) is 1.88. The minimum absolute atomic E-state index is 0.0558. The Kier molecular flexibility index (Phi) is 6.81. The zero-order chi connectivity index (χ0) is 28.1. The number of H-pyrrole nitrogens is 1. The molecule has 0 radical (unpaired) electrons. The van der Waals surface area contributed by atoms with Crippen LogP contribution >= 0.6 is 0 Å². The van der Waals surface area contributed by atoms with E-state index in [0.29, 0.717) is 36.8 Å². The van der Waals surface area contributed by atoms with Crippen LogP contribution < -0.4 is 10.2 Å². The van der Waals surface area contributed by atoms with Crippen molar-refractivity contribution in [2.75, 3.05) is 25.0 Å². The Morgan fingerprint density at radius 3 is 2.67 bits per heavy atom. The van der Waals surface area contributed by atoms with Crippen LogP contribution in [0.3, 0.4) is 0 Å². The minimum atomic E-state index is -0.584. The number of para-hydroxylation sites is 1. The van der Waals surface area contributed by atoms with E-state index >= 15 is 0 Å². The van der Waals surface area contributed by atoms with Crippen molar-refractivity contribution in [2.24, 2.45) is 5.92 Å². The van der Waals surface area contributed by atoms with Crippen molar-refractivity contribution >= 4 is 28.7 Å². The number of hydrogen-bond acceptors (Lipinski definition) is 6. The molecule has 9 heteroatoms. The molecule has 9 nitrogen and oxygen atoms in total. The fraction of sp³-hybridized carbons (Fsp3) is 0.533. The number of alkyl carbamates (subject to hydrolysis) is 1. The number of fused-ring (bicyclic) bond motifs is 1. The van der Waals surface area contributed by atoms with Crippen LogP contribution in [0.15, 0.2) is 30.6 Å². The van der Waals surface area contributed by atoms with Gasteiger partial charge in [-0.3, -0.25) is 9.78 Å². The lowest BCUT2D eigenvalue weighted by Crippen LogP contribution is -2.49. The minimum Gasteiger partial charge on any atom is -0.444 e. The van der Waals surface area contributed by atoms with Crippen LogP contribution in [0.25, 0.3) is 22.4 Å². The maximum absolute atomic E-state index is 13.9. The lowest BCUT2D eigenvalue weighted by Gasteiger charge is -2.31. The van der Waals surface area contributed by atoms with Crippen LogP contribution in [0, 0.1) is 12.8 Å². The smallest absolute Gasteiger partial charge is 0.408 e. The Bertz CT molecular complexity index is 1410. The van der Waals surface area contributed by atoms with Crippen LogP contribution in [0.4, 0.5) is 10.5 Å². The second-order valence-electron chi connectivity index (χ2n) is 12.5. The van der Waals surface area contributed by atoms with Crippen LogP contribution in [-0.4, -0.2) is 69.2 Å². The van der Waals surface area contributed by atoms with Crippen LogP contribution in [0.5, 0.6) is 0 Å². The number of nitrogens with zero attached hydrogens (tertiary/aromatic N) is 4. The van der Waals surface area contributed by atoms with Crippen molar-refractivity contribution in [1.29, 1.82) is 0 Å². The maximum atomic E-state index is 13.9. The summed E-state index contributed by atoms with van der Waals surface area (Å²) in [6.45, 7) is 12.9. The fourth-order valence-electron chi connectivity index (χ4n) is 5.50. The Morgan fingerprint density at radius 1 is 1.26 bits per heavy atom. The van der Waals surface area contributed by atoms with Gasteiger partial charge in [0.25, 0.3) is 5.91 Å². The van der Waals surface area contributed by atoms with Gasteiger partial charge < -0.3 is 24.8 Å². The molecule has 0 bridgehead atoms. The molecule has 208 valence electrons. The van der Waals surface area contributed by atoms with Crippen LogP contribution in [0.1, 0.15) is 69.8 Å². The number of anilines is 1. The van der Waals surface area contributed by atoms with Crippen molar-refractivity contribution < 1.29 is 14.3 Å². The average Bonchev–Trinajstić information content (AvgIpc) is 3.50. The molecule has 2 aliphatic rings. The maximum Gasteiger partial charge on any atom is 0.408 e. The molecule has 0 spiro atoms. The second kappa shape index (κ2) is 9.84. The van der Waals surface area contributed by atoms with Gasteiger partial charge in [-0.15, -0.1) is 0 Å². The summed E-state index contributed by atoms with van der Waals surface area (Å²) in [5.74, 6) is 1.16. The third kappa shape index (κ3) is 5.58. The third-order valence-corrected chi connectivity index (χ3v) is 7.95. The molecule has 1 aliphatic carbocycles. The number of aromatic nitrogens is 3. The highest BCUT2D eigenvalue weighted by atomic mass is 16.6. The highest BCUT2D eigenvalue weighted by molar-refractivity contribution is 6.03. The van der Waals surface area contributed by atoms with Gasteiger partial charge >= 0.3 is 6.09 Å². The Labute approximate surface area is 230 Å². The van der Waals surface area contributed by atoms with E-state index in [2.05, 4.69) is 27.1 Å². The molecule has 2 N–H and O–H groups in total. The van der Waals surface area contributed by atoms with E-state index in [0.717, 1.165) is 40.7 Å². The standard InChI is InChI=1S/C30H40N6O3/c1-18-9-8-10-23-24(18)33-26(32-23)21-15-31-16-22(27(37)35(7)19(2)20-11-12-20)25(21)36-14-13-30(6,17-36)34-28(38)39-29(3,4)5/h8-10,15-16,19-20H,11-14,17H2,1-7H3,(H,32,33)(H,34,38). The molecule has 5 rings (SSSR count). The number of hydrogen-bond donors (Lipinski definition) is 2. The van der Waals surface area contributed by atoms with Gasteiger partial charge in [0.15, 0.2) is 0 Å². The molecule has 3 heterocycles. The number of imidazole rings is 1. The van der Waals surface area contributed by atoms with Gasteiger partial charge in [-0.1, -0.05) is 12.1 Å². The lowest BCUT2D eigenvalue weighted by atomic mass is 10.0. The summed E-state index contributed by atoms with van der Waals surface area (Å²) >= 11 is 0. The molecule has 2 atom stereocenters. The quantitative estimate of drug-likeness (QED) is 0.447. The first kappa shape index (κ1) is 27.0. The number of amides is 2. The number of aryl methyl sites for hydroxylation is 1. The van der Waals surface area contributed by atoms with Crippen molar-refractivity contribution in [3.05, 3.63) is 41.7 Å². The number of nitrogens with one attached hydrogen (secondary N) is 2. The monoisotopic (exact) mass is 532 g/mol. The Hall–Kier alpha value is -3.62. The van der Waals surface area contributed by atoms with Crippen molar-refractivity contribution in [2.45, 2.75) is 78.0 Å². The van der Waals surface area contributed by atoms with E-state index in [1.54, 1.807) is 12.4 Å². The van der Waals surface area contributed by atoms with Crippen molar-refractivity contribution in [3.63, 3.8) is 0 Å². The molecule has 1 saturated heterocycles. The molecule has 2 amide bonds. The topological polar surface area (TPSA) is 103 Å². The highest BCUT2D eigenvalue weighted by Gasteiger charge is 2.40. The van der Waals surface area contributed by atoms with Gasteiger partial charge in [0, 0.05) is 38.6 Å². The molecule has 2 aromatic heterocycles. The first-order valence-corrected chi connectivity index (χ1v) is 13.8. The zero-order valence-corrected chi connectivity index (χ0v) is 24.1. The van der Waals surface area contributed by atoms with E-state index < -0.39 is 17.2 Å². The number of carbonyl (C=O) groups is 2. The molecular weight excluding hydrogens is 492 g/mol. The Balaban J connectivity index is 1.54. The van der Waals surface area contributed by atoms with Gasteiger partial charge in [-0.25, -0.2) is 9.78 Å². The zero-order valence-electron chi connectivity index (χ0n) is 24.1. The third-order valence-electron chi connectivity index (χ3n) is 7.95. The molecule has 2 fully saturated rings. The summed E-state index contributed by atoms with van der Waals surface area (Å²) in [6.07, 6.45) is 6.02. The predicted molar refractivity (Wildman–Crippen MR) is 153 cm³/mol. The normalized spacial score (nSPS) is 20.2. The SMILES string of the molecule is Cc1cccc2[nH]c(-c3cncc(C(=O)N(C)C(C)C4CC4)c3N3CCC(C)(NC(=O)OC(C)(C)C)C3)nc12. The Morgan fingerprint density at radius 2 is 2.00 bits per heavy atom. The number of ether oxygens (including phenoxy) is 1. The van der Waals surface area contributed by atoms with E-state index in [1.165, 1.54) is 0 Å². The van der Waals surface area contributed by atoms with Gasteiger partial charge in [0.1, 0.15) is 11.4 Å². The van der Waals surface area contributed by atoms with E-state index in [1.807, 2.05) is 64.8 Å². The fourth-order valence-corrected chi connectivity index (χ4v) is 5.50. The van der Waals surface area contributed by atoms with Crippen molar-refractivity contribution in [1.82, 2.24) is 25.2 Å². The predicted octanol–water partition coefficient (Wildman–Crippen LogP) is 5.30. The molecule has 39 heavy (non-hydrogen) atoms. The number of pyridine rings is 1. The average molecular weight is 533 g/mol. The summed E-state index contributed by atoms with van der Waals surface area (Å²) < 4.78 is 5.54. The second-order valence-corrected chi connectivity index (χ2v) is 12.5. The first-order chi connectivity index (χ1) is 18.3. The van der Waals surface area contributed by atoms with Crippen molar-refractivity contribution in [3.8, 4) is 11.4 Å². The summed E-state index contributed by atoms with van der Waals surface area (Å²) in [5, 5.41) is 3.08.